The van der Waals surface area contributed by atoms with E-state index in [4.69, 9.17) is 4.74 Å². The number of likely N-dealkylation sites (tertiary alicyclic amines) is 1. The van der Waals surface area contributed by atoms with Crippen LogP contribution in [0.25, 0.3) is 0 Å². The summed E-state index contributed by atoms with van der Waals surface area (Å²) in [5, 5.41) is 0. The van der Waals surface area contributed by atoms with Gasteiger partial charge < -0.3 is 4.74 Å². The molecule has 2 rings (SSSR count). The number of rotatable bonds is 5. The lowest BCUT2D eigenvalue weighted by Crippen LogP contribution is -2.34. The molecule has 1 fully saturated rings. The highest BCUT2D eigenvalue weighted by Gasteiger charge is 2.30. The number of amides is 2. The molecule has 1 aromatic rings. The van der Waals surface area contributed by atoms with E-state index in [0.717, 1.165) is 4.90 Å². The van der Waals surface area contributed by atoms with E-state index in [1.165, 1.54) is 0 Å². The van der Waals surface area contributed by atoms with Gasteiger partial charge in [0.2, 0.25) is 11.8 Å². The second kappa shape index (κ2) is 5.65. The van der Waals surface area contributed by atoms with Crippen LogP contribution >= 0.6 is 0 Å². The van der Waals surface area contributed by atoms with Gasteiger partial charge in [-0.15, -0.1) is 0 Å². The van der Waals surface area contributed by atoms with E-state index < -0.39 is 0 Å². The van der Waals surface area contributed by atoms with Crippen molar-refractivity contribution in [2.75, 3.05) is 13.2 Å². The Labute approximate surface area is 111 Å². The van der Waals surface area contributed by atoms with Gasteiger partial charge in [0.25, 0.3) is 0 Å². The lowest BCUT2D eigenvalue weighted by atomic mass is 10.1. The molecule has 0 aromatic heterocycles. The second-order valence-electron chi connectivity index (χ2n) is 4.25. The number of carbonyl (C=O) groups is 3. The van der Waals surface area contributed by atoms with E-state index in [0.29, 0.717) is 17.9 Å². The Bertz CT molecular complexity index is 491. The monoisotopic (exact) mass is 261 g/mol. The van der Waals surface area contributed by atoms with E-state index in [9.17, 15) is 14.4 Å². The van der Waals surface area contributed by atoms with Gasteiger partial charge >= 0.3 is 0 Å². The molecule has 19 heavy (non-hydrogen) atoms. The smallest absolute Gasteiger partial charge is 0.230 e. The molecular formula is C14H15NO4. The van der Waals surface area contributed by atoms with Crippen molar-refractivity contribution in [3.63, 3.8) is 0 Å². The van der Waals surface area contributed by atoms with Crippen LogP contribution in [0.1, 0.15) is 30.1 Å². The minimum atomic E-state index is -0.274. The number of benzene rings is 1. The Morgan fingerprint density at radius 3 is 2.26 bits per heavy atom. The summed E-state index contributed by atoms with van der Waals surface area (Å²) in [6.07, 6.45) is 0.408. The van der Waals surface area contributed by atoms with Crippen LogP contribution in [0.15, 0.2) is 24.3 Å². The van der Waals surface area contributed by atoms with Crippen molar-refractivity contribution in [3.8, 4) is 5.75 Å². The van der Waals surface area contributed by atoms with Crippen molar-refractivity contribution in [1.29, 1.82) is 0 Å². The Hall–Kier alpha value is -2.17. The van der Waals surface area contributed by atoms with E-state index >= 15 is 0 Å². The summed E-state index contributed by atoms with van der Waals surface area (Å²) >= 11 is 0. The molecular weight excluding hydrogens is 246 g/mol. The number of hydrogen-bond donors (Lipinski definition) is 0. The van der Waals surface area contributed by atoms with E-state index in [2.05, 4.69) is 0 Å². The fraction of sp³-hybridized carbons (Fsp3) is 0.357. The van der Waals surface area contributed by atoms with Crippen LogP contribution in [0.3, 0.4) is 0 Å². The molecule has 2 amide bonds. The minimum absolute atomic E-state index is 0.175. The lowest BCUT2D eigenvalue weighted by Gasteiger charge is -2.12. The van der Waals surface area contributed by atoms with Crippen molar-refractivity contribution >= 4 is 17.6 Å². The molecule has 100 valence electrons. The summed E-state index contributed by atoms with van der Waals surface area (Å²) in [6, 6.07) is 6.67. The first kappa shape index (κ1) is 13.3. The predicted octanol–water partition coefficient (Wildman–Crippen LogP) is 1.42. The Morgan fingerprint density at radius 1 is 1.16 bits per heavy atom. The van der Waals surface area contributed by atoms with Gasteiger partial charge in [-0.3, -0.25) is 19.3 Å². The van der Waals surface area contributed by atoms with Crippen molar-refractivity contribution in [2.45, 2.75) is 19.8 Å². The second-order valence-corrected chi connectivity index (χ2v) is 4.25. The maximum Gasteiger partial charge on any atom is 0.230 e. The Kier molecular flexibility index (Phi) is 3.94. The first-order valence-corrected chi connectivity index (χ1v) is 6.21. The van der Waals surface area contributed by atoms with Crippen molar-refractivity contribution in [3.05, 3.63) is 29.8 Å². The highest BCUT2D eigenvalue weighted by Crippen LogP contribution is 2.15. The van der Waals surface area contributed by atoms with Crippen LogP contribution in [-0.4, -0.2) is 35.6 Å². The highest BCUT2D eigenvalue weighted by atomic mass is 16.5. The highest BCUT2D eigenvalue weighted by molar-refractivity contribution is 6.07. The van der Waals surface area contributed by atoms with Crippen LogP contribution < -0.4 is 4.74 Å². The summed E-state index contributed by atoms with van der Waals surface area (Å²) in [5.41, 5.74) is 0.468. The van der Waals surface area contributed by atoms with Gasteiger partial charge in [0, 0.05) is 18.4 Å². The van der Waals surface area contributed by atoms with Gasteiger partial charge in [-0.2, -0.15) is 0 Å². The van der Waals surface area contributed by atoms with Crippen LogP contribution in [0, 0.1) is 0 Å². The Balaban J connectivity index is 2.03. The molecule has 0 aliphatic carbocycles. The minimum Gasteiger partial charge on any atom is -0.494 e. The van der Waals surface area contributed by atoms with Gasteiger partial charge in [0.1, 0.15) is 5.75 Å². The summed E-state index contributed by atoms with van der Waals surface area (Å²) in [4.78, 5) is 35.8. The third-order valence-electron chi connectivity index (χ3n) is 2.94. The number of imide groups is 1. The predicted molar refractivity (Wildman–Crippen MR) is 67.9 cm³/mol. The number of ketones is 1. The topological polar surface area (TPSA) is 63.7 Å². The SMILES string of the molecule is CCOc1ccc(C(=O)CN2C(=O)CCC2=O)cc1. The maximum atomic E-state index is 12.0. The molecule has 5 nitrogen and oxygen atoms in total. The zero-order valence-corrected chi connectivity index (χ0v) is 10.7. The molecule has 0 spiro atoms. The molecule has 0 bridgehead atoms. The van der Waals surface area contributed by atoms with E-state index in [-0.39, 0.29) is 37.0 Å². The van der Waals surface area contributed by atoms with E-state index in [1.54, 1.807) is 24.3 Å². The third-order valence-corrected chi connectivity index (χ3v) is 2.94. The fourth-order valence-electron chi connectivity index (χ4n) is 1.94. The zero-order chi connectivity index (χ0) is 13.8. The largest absolute Gasteiger partial charge is 0.494 e. The fourth-order valence-corrected chi connectivity index (χ4v) is 1.94. The first-order valence-electron chi connectivity index (χ1n) is 6.21. The molecule has 0 atom stereocenters. The first-order chi connectivity index (χ1) is 9.11. The number of hydrogen-bond acceptors (Lipinski definition) is 4. The molecule has 1 aromatic carbocycles. The maximum absolute atomic E-state index is 12.0. The summed E-state index contributed by atoms with van der Waals surface area (Å²) < 4.78 is 5.28. The molecule has 0 radical (unpaired) electrons. The summed E-state index contributed by atoms with van der Waals surface area (Å²) in [6.45, 7) is 2.26. The van der Waals surface area contributed by atoms with Crippen LogP contribution in [0.5, 0.6) is 5.75 Å². The molecule has 0 N–H and O–H groups in total. The molecule has 5 heteroatoms. The molecule has 0 unspecified atom stereocenters. The lowest BCUT2D eigenvalue weighted by molar-refractivity contribution is -0.137. The van der Waals surface area contributed by atoms with E-state index in [1.807, 2.05) is 6.92 Å². The average Bonchev–Trinajstić information content (AvgIpc) is 2.72. The number of carbonyl (C=O) groups excluding carboxylic acids is 3. The standard InChI is InChI=1S/C14H15NO4/c1-2-19-11-5-3-10(4-6-11)12(16)9-15-13(17)7-8-14(15)18/h3-6H,2,7-9H2,1H3. The summed E-state index contributed by atoms with van der Waals surface area (Å²) in [7, 11) is 0. The van der Waals surface area contributed by atoms with Crippen LogP contribution in [0.4, 0.5) is 0 Å². The molecule has 1 aliphatic rings. The quantitative estimate of drug-likeness (QED) is 0.594. The number of ether oxygens (including phenoxy) is 1. The number of Topliss-reactive ketones (excluding diaryl/α,β-unsaturated/α-hetero) is 1. The van der Waals surface area contributed by atoms with Crippen molar-refractivity contribution in [1.82, 2.24) is 4.90 Å². The van der Waals surface area contributed by atoms with Gasteiger partial charge in [0.15, 0.2) is 5.78 Å². The molecule has 1 aliphatic heterocycles. The van der Waals surface area contributed by atoms with Crippen LogP contribution in [-0.2, 0) is 9.59 Å². The van der Waals surface area contributed by atoms with Gasteiger partial charge in [-0.25, -0.2) is 0 Å². The third kappa shape index (κ3) is 2.99. The van der Waals surface area contributed by atoms with Crippen molar-refractivity contribution < 1.29 is 19.1 Å². The van der Waals surface area contributed by atoms with Gasteiger partial charge in [-0.05, 0) is 31.2 Å². The summed E-state index contributed by atoms with van der Waals surface area (Å²) in [5.74, 6) is -0.104. The normalized spacial score (nSPS) is 14.9. The van der Waals surface area contributed by atoms with Gasteiger partial charge in [0.05, 0.1) is 13.2 Å². The molecule has 1 heterocycles. The van der Waals surface area contributed by atoms with Crippen LogP contribution in [0.2, 0.25) is 0 Å². The molecule has 0 saturated carbocycles. The average molecular weight is 261 g/mol. The Morgan fingerprint density at radius 2 is 1.74 bits per heavy atom. The van der Waals surface area contributed by atoms with Crippen molar-refractivity contribution in [2.24, 2.45) is 0 Å². The number of nitrogens with zero attached hydrogens (tertiary/aromatic N) is 1. The molecule has 1 saturated heterocycles. The van der Waals surface area contributed by atoms with Gasteiger partial charge in [-0.1, -0.05) is 0 Å². The zero-order valence-electron chi connectivity index (χ0n) is 10.7.